The SMILES string of the molecule is CC(C)C[C@H](NC(=O)[C@H](Cc1cnc[nH]1)NC(=O)[C@@H](Cc1ccccc1)NC(=O)[C@@H]1CCCN1C(=O)[C@@H](N)Cc1cnc[nH]1)C(=O)N[C@@H](CC(C)C)C(=O)N[C@H](C(=O)N[C@@H](Cc1ccc(O)cc1)C(=O)O)C(C)O. The summed E-state index contributed by atoms with van der Waals surface area (Å²) in [5.41, 5.74) is 8.56. The summed E-state index contributed by atoms with van der Waals surface area (Å²) in [6.45, 7) is 8.72. The Morgan fingerprint density at radius 2 is 1.12 bits per heavy atom. The molecule has 13 N–H and O–H groups in total. The molecule has 4 aromatic rings. The molecule has 1 fully saturated rings. The second-order valence-electron chi connectivity index (χ2n) is 19.5. The number of aliphatic carboxylic acids is 1. The Kier molecular flexibility index (Phi) is 21.2. The number of carboxylic acid groups (broad SMARTS) is 1. The average molecular weight is 1030 g/mol. The zero-order valence-electron chi connectivity index (χ0n) is 42.2. The number of phenols is 1. The number of hydrogen-bond acceptors (Lipinski definition) is 13. The minimum Gasteiger partial charge on any atom is -0.508 e. The molecule has 1 saturated heterocycles. The first-order chi connectivity index (χ1) is 35.2. The lowest BCUT2D eigenvalue weighted by Crippen LogP contribution is -2.61. The van der Waals surface area contributed by atoms with Gasteiger partial charge in [-0.2, -0.15) is 0 Å². The second kappa shape index (κ2) is 27.4. The number of H-pyrrole nitrogens is 2. The fourth-order valence-corrected chi connectivity index (χ4v) is 8.60. The largest absolute Gasteiger partial charge is 0.508 e. The Labute approximate surface area is 429 Å². The fraction of sp³-hybridized carbons (Fsp3) is 0.490. The highest BCUT2D eigenvalue weighted by molar-refractivity contribution is 5.98. The molecule has 400 valence electrons. The lowest BCUT2D eigenvalue weighted by Gasteiger charge is -2.30. The summed E-state index contributed by atoms with van der Waals surface area (Å²) in [6, 6.07) is 4.39. The van der Waals surface area contributed by atoms with E-state index >= 15 is 0 Å². The van der Waals surface area contributed by atoms with Gasteiger partial charge in [-0.3, -0.25) is 33.6 Å². The summed E-state index contributed by atoms with van der Waals surface area (Å²) in [4.78, 5) is 126. The Bertz CT molecular complexity index is 2490. The van der Waals surface area contributed by atoms with Crippen LogP contribution in [0.15, 0.2) is 79.6 Å². The maximum atomic E-state index is 14.5. The van der Waals surface area contributed by atoms with Crippen LogP contribution in [0.1, 0.15) is 82.8 Å². The van der Waals surface area contributed by atoms with Crippen LogP contribution in [0.25, 0.3) is 0 Å². The topological polar surface area (TPSA) is 356 Å². The van der Waals surface area contributed by atoms with Crippen molar-refractivity contribution >= 4 is 47.3 Å². The van der Waals surface area contributed by atoms with Crippen LogP contribution >= 0.6 is 0 Å². The number of carboxylic acids is 1. The number of phenolic OH excluding ortho intramolecular Hbond substituents is 1. The van der Waals surface area contributed by atoms with Gasteiger partial charge in [0.25, 0.3) is 0 Å². The van der Waals surface area contributed by atoms with E-state index in [1.54, 1.807) is 50.4 Å². The summed E-state index contributed by atoms with van der Waals surface area (Å²) in [5, 5.41) is 46.1. The predicted molar refractivity (Wildman–Crippen MR) is 269 cm³/mol. The van der Waals surface area contributed by atoms with E-state index in [1.165, 1.54) is 54.9 Å². The molecule has 9 atom stereocenters. The number of rotatable bonds is 27. The fourth-order valence-electron chi connectivity index (χ4n) is 8.60. The first-order valence-corrected chi connectivity index (χ1v) is 24.7. The molecule has 0 aliphatic carbocycles. The number of aliphatic hydroxyl groups is 1. The van der Waals surface area contributed by atoms with Gasteiger partial charge in [-0.05, 0) is 67.7 Å². The zero-order valence-corrected chi connectivity index (χ0v) is 42.2. The minimum atomic E-state index is -1.65. The Balaban J connectivity index is 1.32. The van der Waals surface area contributed by atoms with Crippen LogP contribution in [-0.2, 0) is 64.0 Å². The minimum absolute atomic E-state index is 0.00597. The quantitative estimate of drug-likeness (QED) is 0.0371. The second-order valence-corrected chi connectivity index (χ2v) is 19.5. The summed E-state index contributed by atoms with van der Waals surface area (Å²) in [5.74, 6) is -7.01. The monoisotopic (exact) mass is 1030 g/mol. The molecule has 2 aromatic carbocycles. The van der Waals surface area contributed by atoms with E-state index in [0.29, 0.717) is 35.4 Å². The van der Waals surface area contributed by atoms with E-state index < -0.39 is 102 Å². The Hall–Kier alpha value is -7.66. The van der Waals surface area contributed by atoms with Gasteiger partial charge < -0.3 is 67.8 Å². The van der Waals surface area contributed by atoms with E-state index in [-0.39, 0.29) is 62.7 Å². The maximum absolute atomic E-state index is 14.5. The van der Waals surface area contributed by atoms with Gasteiger partial charge in [0.1, 0.15) is 48.0 Å². The summed E-state index contributed by atoms with van der Waals surface area (Å²) in [6.07, 6.45) is 5.21. The van der Waals surface area contributed by atoms with Gasteiger partial charge in [-0.1, -0.05) is 70.2 Å². The standard InChI is InChI=1S/C51H70N12O11/c1-28(2)18-37(44(66)58-38(19-29(3)4)47(69)62-43(30(5)64)49(71)61-41(51(73)74)21-32-13-15-35(65)16-14-32)57-46(68)40(23-34-25-54-27-56-34)59-45(67)39(20-31-10-7-6-8-11-31)60-48(70)42-12-9-17-63(42)50(72)36(52)22-33-24-53-26-55-33/h6-8,10-11,13-16,24-30,36-43,64-65H,9,12,17-23,52H2,1-5H3,(H,53,55)(H,54,56)(H,57,68)(H,58,66)(H,59,67)(H,60,70)(H,61,71)(H,62,69)(H,73,74)/t30?,36-,37-,38-,39+,40-,41-,42-,43-/m0/s1. The van der Waals surface area contributed by atoms with Crippen molar-refractivity contribution in [3.8, 4) is 5.75 Å². The number of nitrogens with one attached hydrogen (secondary N) is 8. The third-order valence-electron chi connectivity index (χ3n) is 12.4. The van der Waals surface area contributed by atoms with Crippen LogP contribution < -0.4 is 37.6 Å². The average Bonchev–Trinajstić information content (AvgIpc) is 4.17. The van der Waals surface area contributed by atoms with Crippen LogP contribution in [0.5, 0.6) is 5.75 Å². The van der Waals surface area contributed by atoms with Gasteiger partial charge >= 0.3 is 5.97 Å². The van der Waals surface area contributed by atoms with E-state index in [9.17, 15) is 53.7 Å². The molecule has 5 rings (SSSR count). The van der Waals surface area contributed by atoms with Crippen molar-refractivity contribution in [1.29, 1.82) is 0 Å². The van der Waals surface area contributed by atoms with E-state index in [4.69, 9.17) is 5.73 Å². The molecule has 23 nitrogen and oxygen atoms in total. The number of nitrogens with two attached hydrogens (primary N) is 1. The number of aliphatic hydroxyl groups excluding tert-OH is 1. The summed E-state index contributed by atoms with van der Waals surface area (Å²) in [7, 11) is 0. The van der Waals surface area contributed by atoms with Gasteiger partial charge in [-0.25, -0.2) is 14.8 Å². The molecule has 23 heteroatoms. The smallest absolute Gasteiger partial charge is 0.326 e. The highest BCUT2D eigenvalue weighted by Crippen LogP contribution is 2.20. The normalized spacial score (nSPS) is 16.7. The zero-order chi connectivity index (χ0) is 54.1. The van der Waals surface area contributed by atoms with Crippen LogP contribution in [0.3, 0.4) is 0 Å². The number of amides is 7. The number of hydrogen-bond donors (Lipinski definition) is 12. The van der Waals surface area contributed by atoms with Crippen LogP contribution in [-0.4, -0.2) is 148 Å². The van der Waals surface area contributed by atoms with Crippen molar-refractivity contribution in [3.05, 3.63) is 102 Å². The number of aromatic hydroxyl groups is 1. The molecule has 0 bridgehead atoms. The van der Waals surface area contributed by atoms with Gasteiger partial charge in [0, 0.05) is 56.0 Å². The molecule has 0 spiro atoms. The molecule has 3 heterocycles. The van der Waals surface area contributed by atoms with Crippen molar-refractivity contribution < 1.29 is 53.7 Å². The number of benzene rings is 2. The van der Waals surface area contributed by atoms with E-state index in [1.807, 2.05) is 13.8 Å². The molecule has 0 radical (unpaired) electrons. The Morgan fingerprint density at radius 1 is 0.635 bits per heavy atom. The van der Waals surface area contributed by atoms with Crippen LogP contribution in [0.2, 0.25) is 0 Å². The van der Waals surface area contributed by atoms with Crippen molar-refractivity contribution in [2.75, 3.05) is 6.54 Å². The predicted octanol–water partition coefficient (Wildman–Crippen LogP) is -0.106. The number of carbonyl (C=O) groups is 8. The van der Waals surface area contributed by atoms with Crippen molar-refractivity contribution in [2.24, 2.45) is 17.6 Å². The number of aromatic amines is 2. The van der Waals surface area contributed by atoms with Crippen molar-refractivity contribution in [2.45, 2.75) is 140 Å². The molecular weight excluding hydrogens is 957 g/mol. The lowest BCUT2D eigenvalue weighted by molar-refractivity contribution is -0.143. The van der Waals surface area contributed by atoms with Gasteiger partial charge in [-0.15, -0.1) is 0 Å². The highest BCUT2D eigenvalue weighted by atomic mass is 16.4. The molecule has 0 saturated carbocycles. The number of imidazole rings is 2. The molecule has 2 aromatic heterocycles. The first kappa shape index (κ1) is 57.2. The maximum Gasteiger partial charge on any atom is 0.326 e. The van der Waals surface area contributed by atoms with Crippen LogP contribution in [0, 0.1) is 11.8 Å². The number of aromatic nitrogens is 4. The van der Waals surface area contributed by atoms with Gasteiger partial charge in [0.15, 0.2) is 0 Å². The number of carbonyl (C=O) groups excluding carboxylic acids is 7. The summed E-state index contributed by atoms with van der Waals surface area (Å²) >= 11 is 0. The van der Waals surface area contributed by atoms with E-state index in [0.717, 1.165) is 0 Å². The van der Waals surface area contributed by atoms with Gasteiger partial charge in [0.2, 0.25) is 41.4 Å². The molecule has 1 unspecified atom stereocenters. The number of likely N-dealkylation sites (tertiary alicyclic amines) is 1. The van der Waals surface area contributed by atoms with Crippen LogP contribution in [0.4, 0.5) is 0 Å². The third kappa shape index (κ3) is 17.2. The summed E-state index contributed by atoms with van der Waals surface area (Å²) < 4.78 is 0. The third-order valence-corrected chi connectivity index (χ3v) is 12.4. The molecule has 1 aliphatic rings. The molecule has 7 amide bonds. The molecule has 74 heavy (non-hydrogen) atoms. The molecule has 1 aliphatic heterocycles. The van der Waals surface area contributed by atoms with Crippen molar-refractivity contribution in [3.63, 3.8) is 0 Å². The Morgan fingerprint density at radius 3 is 1.65 bits per heavy atom. The first-order valence-electron chi connectivity index (χ1n) is 24.7. The van der Waals surface area contributed by atoms with Gasteiger partial charge in [0.05, 0.1) is 24.8 Å². The lowest BCUT2D eigenvalue weighted by atomic mass is 9.99. The van der Waals surface area contributed by atoms with E-state index in [2.05, 4.69) is 51.8 Å². The highest BCUT2D eigenvalue weighted by Gasteiger charge is 2.39. The van der Waals surface area contributed by atoms with Crippen molar-refractivity contribution in [1.82, 2.24) is 56.7 Å². The number of nitrogens with zero attached hydrogens (tertiary/aromatic N) is 3. The molecular formula is C51H70N12O11.